The summed E-state index contributed by atoms with van der Waals surface area (Å²) in [6.07, 6.45) is 0.576. The summed E-state index contributed by atoms with van der Waals surface area (Å²) in [6.45, 7) is 1.62. The van der Waals surface area contributed by atoms with Crippen LogP contribution in [0.15, 0.2) is 30.3 Å². The lowest BCUT2D eigenvalue weighted by molar-refractivity contribution is 0.699. The summed E-state index contributed by atoms with van der Waals surface area (Å²) >= 11 is 0. The molecule has 0 saturated heterocycles. The molecule has 1 aromatic carbocycles. The van der Waals surface area contributed by atoms with E-state index in [9.17, 15) is 0 Å². The van der Waals surface area contributed by atoms with E-state index in [1.807, 2.05) is 18.2 Å². The lowest BCUT2D eigenvalue weighted by Crippen LogP contribution is -2.13. The molecule has 0 aliphatic carbocycles. The highest BCUT2D eigenvalue weighted by atomic mass is 35.5. The van der Waals surface area contributed by atoms with Crippen molar-refractivity contribution in [3.8, 4) is 6.07 Å². The first-order valence-electron chi connectivity index (χ1n) is 4.05. The molecule has 1 aromatic rings. The molecular weight excluding hydrogens is 184 g/mol. The third-order valence-corrected chi connectivity index (χ3v) is 1.59. The second kappa shape index (κ2) is 7.60. The van der Waals surface area contributed by atoms with E-state index >= 15 is 0 Å². The average Bonchev–Trinajstić information content (AvgIpc) is 2.14. The van der Waals surface area contributed by atoms with E-state index in [-0.39, 0.29) is 12.4 Å². The topological polar surface area (TPSA) is 35.8 Å². The molecule has 0 fully saturated rings. The van der Waals surface area contributed by atoms with E-state index in [4.69, 9.17) is 5.26 Å². The van der Waals surface area contributed by atoms with Crippen molar-refractivity contribution in [3.63, 3.8) is 0 Å². The van der Waals surface area contributed by atoms with Gasteiger partial charge in [0.25, 0.3) is 0 Å². The first-order chi connectivity index (χ1) is 5.93. The van der Waals surface area contributed by atoms with Crippen LogP contribution in [0.1, 0.15) is 12.0 Å². The highest BCUT2D eigenvalue weighted by molar-refractivity contribution is 5.85. The first-order valence-corrected chi connectivity index (χ1v) is 4.05. The van der Waals surface area contributed by atoms with E-state index in [1.165, 1.54) is 5.56 Å². The second-order valence-corrected chi connectivity index (χ2v) is 2.57. The molecule has 0 heterocycles. The SMILES string of the molecule is Cl.N#CCCNCc1ccccc1. The first kappa shape index (κ1) is 12.0. The van der Waals surface area contributed by atoms with Crippen LogP contribution in [0, 0.1) is 11.3 Å². The van der Waals surface area contributed by atoms with Gasteiger partial charge in [0.15, 0.2) is 0 Å². The molecule has 0 aliphatic heterocycles. The van der Waals surface area contributed by atoms with Crippen molar-refractivity contribution in [3.05, 3.63) is 35.9 Å². The largest absolute Gasteiger partial charge is 0.312 e. The molecule has 2 nitrogen and oxygen atoms in total. The van der Waals surface area contributed by atoms with Crippen molar-refractivity contribution < 1.29 is 0 Å². The van der Waals surface area contributed by atoms with Gasteiger partial charge in [0.05, 0.1) is 6.07 Å². The van der Waals surface area contributed by atoms with Gasteiger partial charge in [-0.25, -0.2) is 0 Å². The Morgan fingerprint density at radius 1 is 1.23 bits per heavy atom. The molecule has 0 saturated carbocycles. The molecule has 3 heteroatoms. The molecule has 70 valence electrons. The van der Waals surface area contributed by atoms with Crippen LogP contribution in [0.4, 0.5) is 0 Å². The highest BCUT2D eigenvalue weighted by Gasteiger charge is 1.88. The Hall–Kier alpha value is -1.04. The Bertz CT molecular complexity index is 253. The van der Waals surface area contributed by atoms with Crippen molar-refractivity contribution >= 4 is 12.4 Å². The third kappa shape index (κ3) is 5.24. The summed E-state index contributed by atoms with van der Waals surface area (Å²) in [6, 6.07) is 12.3. The predicted octanol–water partition coefficient (Wildman–Crippen LogP) is 2.11. The molecule has 0 spiro atoms. The number of rotatable bonds is 4. The van der Waals surface area contributed by atoms with Gasteiger partial charge >= 0.3 is 0 Å². The predicted molar refractivity (Wildman–Crippen MR) is 55.6 cm³/mol. The summed E-state index contributed by atoms with van der Waals surface area (Å²) in [4.78, 5) is 0. The summed E-state index contributed by atoms with van der Waals surface area (Å²) in [7, 11) is 0. The summed E-state index contributed by atoms with van der Waals surface area (Å²) in [5.41, 5.74) is 1.26. The smallest absolute Gasteiger partial charge is 0.0635 e. The molecule has 1 N–H and O–H groups in total. The minimum Gasteiger partial charge on any atom is -0.312 e. The second-order valence-electron chi connectivity index (χ2n) is 2.57. The normalized spacial score (nSPS) is 8.54. The van der Waals surface area contributed by atoms with Crippen LogP contribution < -0.4 is 5.32 Å². The fourth-order valence-corrected chi connectivity index (χ4v) is 0.973. The minimum absolute atomic E-state index is 0. The lowest BCUT2D eigenvalue weighted by atomic mass is 10.2. The van der Waals surface area contributed by atoms with E-state index in [1.54, 1.807) is 0 Å². The van der Waals surface area contributed by atoms with Gasteiger partial charge in [-0.2, -0.15) is 5.26 Å². The fourth-order valence-electron chi connectivity index (χ4n) is 0.973. The molecule has 0 unspecified atom stereocenters. The minimum atomic E-state index is 0. The molecule has 13 heavy (non-hydrogen) atoms. The van der Waals surface area contributed by atoms with E-state index < -0.39 is 0 Å². The van der Waals surface area contributed by atoms with Gasteiger partial charge in [0.2, 0.25) is 0 Å². The Kier molecular flexibility index (Phi) is 6.99. The van der Waals surface area contributed by atoms with Crippen LogP contribution in [0.5, 0.6) is 0 Å². The molecule has 0 atom stereocenters. The maximum atomic E-state index is 8.27. The number of hydrogen-bond donors (Lipinski definition) is 1. The van der Waals surface area contributed by atoms with Crippen molar-refractivity contribution in [1.82, 2.24) is 5.32 Å². The van der Waals surface area contributed by atoms with Crippen LogP contribution in [0.3, 0.4) is 0 Å². The number of benzene rings is 1. The van der Waals surface area contributed by atoms with Gasteiger partial charge < -0.3 is 5.32 Å². The average molecular weight is 197 g/mol. The van der Waals surface area contributed by atoms with Crippen LogP contribution in [0.25, 0.3) is 0 Å². The monoisotopic (exact) mass is 196 g/mol. The van der Waals surface area contributed by atoms with E-state index in [0.29, 0.717) is 6.42 Å². The van der Waals surface area contributed by atoms with Gasteiger partial charge in [0, 0.05) is 19.5 Å². The Morgan fingerprint density at radius 3 is 2.54 bits per heavy atom. The molecule has 0 radical (unpaired) electrons. The van der Waals surface area contributed by atoms with Crippen molar-refractivity contribution in [2.45, 2.75) is 13.0 Å². The van der Waals surface area contributed by atoms with Crippen molar-refractivity contribution in [1.29, 1.82) is 5.26 Å². The zero-order valence-corrected chi connectivity index (χ0v) is 8.18. The summed E-state index contributed by atoms with van der Waals surface area (Å²) in [5.74, 6) is 0. The van der Waals surface area contributed by atoms with Crippen LogP contribution >= 0.6 is 12.4 Å². The molecule has 0 amide bonds. The van der Waals surface area contributed by atoms with E-state index in [2.05, 4.69) is 23.5 Å². The molecule has 1 rings (SSSR count). The van der Waals surface area contributed by atoms with Crippen LogP contribution in [-0.4, -0.2) is 6.54 Å². The van der Waals surface area contributed by atoms with Gasteiger partial charge in [-0.05, 0) is 5.56 Å². The van der Waals surface area contributed by atoms with E-state index in [0.717, 1.165) is 13.1 Å². The number of hydrogen-bond acceptors (Lipinski definition) is 2. The Balaban J connectivity index is 0.00000144. The zero-order chi connectivity index (χ0) is 8.65. The Labute approximate surface area is 85.0 Å². The number of nitrogens with one attached hydrogen (secondary N) is 1. The number of nitriles is 1. The zero-order valence-electron chi connectivity index (χ0n) is 7.36. The van der Waals surface area contributed by atoms with Gasteiger partial charge in [0.1, 0.15) is 0 Å². The van der Waals surface area contributed by atoms with Crippen molar-refractivity contribution in [2.24, 2.45) is 0 Å². The maximum Gasteiger partial charge on any atom is 0.0635 e. The Morgan fingerprint density at radius 2 is 1.92 bits per heavy atom. The maximum absolute atomic E-state index is 8.27. The molecule has 0 aromatic heterocycles. The third-order valence-electron chi connectivity index (χ3n) is 1.59. The molecule has 0 bridgehead atoms. The summed E-state index contributed by atoms with van der Waals surface area (Å²) < 4.78 is 0. The standard InChI is InChI=1S/C10H12N2.ClH/c11-7-4-8-12-9-10-5-2-1-3-6-10;/h1-3,5-6,12H,4,8-9H2;1H. The number of nitrogens with zero attached hydrogens (tertiary/aromatic N) is 1. The van der Waals surface area contributed by atoms with Crippen LogP contribution in [-0.2, 0) is 6.54 Å². The number of halogens is 1. The van der Waals surface area contributed by atoms with Crippen LogP contribution in [0.2, 0.25) is 0 Å². The van der Waals surface area contributed by atoms with Gasteiger partial charge in [-0.15, -0.1) is 12.4 Å². The molecule has 0 aliphatic rings. The molecular formula is C10H13ClN2. The quantitative estimate of drug-likeness (QED) is 0.749. The fraction of sp³-hybridized carbons (Fsp3) is 0.300. The van der Waals surface area contributed by atoms with Gasteiger partial charge in [-0.1, -0.05) is 30.3 Å². The van der Waals surface area contributed by atoms with Gasteiger partial charge in [-0.3, -0.25) is 0 Å². The highest BCUT2D eigenvalue weighted by Crippen LogP contribution is 1.96. The summed E-state index contributed by atoms with van der Waals surface area (Å²) in [5, 5.41) is 11.5. The van der Waals surface area contributed by atoms with Crippen molar-refractivity contribution in [2.75, 3.05) is 6.54 Å². The lowest BCUT2D eigenvalue weighted by Gasteiger charge is -2.00.